The molecule has 0 bridgehead atoms. The molecule has 0 saturated heterocycles. The van der Waals surface area contributed by atoms with Crippen LogP contribution in [0.4, 0.5) is 18.9 Å². The molecule has 0 aliphatic carbocycles. The number of hydrogen-bond acceptors (Lipinski definition) is 7. The highest BCUT2D eigenvalue weighted by molar-refractivity contribution is 5.84. The van der Waals surface area contributed by atoms with E-state index in [2.05, 4.69) is 15.1 Å². The van der Waals surface area contributed by atoms with Gasteiger partial charge in [0.2, 0.25) is 5.88 Å². The fourth-order valence-corrected chi connectivity index (χ4v) is 3.71. The van der Waals surface area contributed by atoms with E-state index in [0.29, 0.717) is 11.1 Å². The lowest BCUT2D eigenvalue weighted by Crippen LogP contribution is -2.20. The minimum absolute atomic E-state index is 0.0458. The molecule has 0 spiro atoms. The van der Waals surface area contributed by atoms with Gasteiger partial charge in [-0.3, -0.25) is 14.9 Å². The van der Waals surface area contributed by atoms with Crippen molar-refractivity contribution in [1.82, 2.24) is 14.6 Å². The number of halogens is 3. The molecule has 3 aromatic carbocycles. The van der Waals surface area contributed by atoms with Crippen molar-refractivity contribution in [2.24, 2.45) is 5.10 Å². The summed E-state index contributed by atoms with van der Waals surface area (Å²) in [6, 6.07) is 20.1. The fourth-order valence-electron chi connectivity index (χ4n) is 3.71. The van der Waals surface area contributed by atoms with Crippen molar-refractivity contribution in [3.63, 3.8) is 0 Å². The largest absolute Gasteiger partial charge is 0.438 e. The Hall–Kier alpha value is -5.39. The molecule has 0 atom stereocenters. The minimum Gasteiger partial charge on any atom is -0.438 e. The molecule has 0 N–H and O–H groups in total. The summed E-state index contributed by atoms with van der Waals surface area (Å²) in [4.78, 5) is 32.0. The van der Waals surface area contributed by atoms with E-state index in [1.807, 2.05) is 0 Å². The van der Waals surface area contributed by atoms with Crippen molar-refractivity contribution in [2.45, 2.75) is 6.18 Å². The molecule has 0 amide bonds. The summed E-state index contributed by atoms with van der Waals surface area (Å²) in [6.07, 6.45) is -2.24. The number of pyridine rings is 1. The first kappa shape index (κ1) is 25.3. The first-order chi connectivity index (χ1) is 18.7. The van der Waals surface area contributed by atoms with Crippen LogP contribution in [0, 0.1) is 10.1 Å². The van der Waals surface area contributed by atoms with E-state index in [0.717, 1.165) is 23.0 Å². The topological polar surface area (TPSA) is 113 Å². The van der Waals surface area contributed by atoms with Crippen LogP contribution < -0.4 is 10.3 Å². The van der Waals surface area contributed by atoms with E-state index < -0.39 is 22.2 Å². The van der Waals surface area contributed by atoms with Crippen LogP contribution >= 0.6 is 0 Å². The second-order valence-corrected chi connectivity index (χ2v) is 8.14. The summed E-state index contributed by atoms with van der Waals surface area (Å²) in [5.41, 5.74) is -0.944. The van der Waals surface area contributed by atoms with E-state index in [1.165, 1.54) is 30.5 Å². The smallest absolute Gasteiger partial charge is 0.416 e. The standard InChI is InChI=1S/C27H16F3N5O4/c28-27(29,30)19-8-5-7-17(14-19)25-33-22-10-3-2-9-21(22)26(36)34(25)32-15-18-6-1-4-11-23(18)39-24-13-12-20(16-31-24)35(37)38/h1-16H. The van der Waals surface area contributed by atoms with Crippen LogP contribution in [0.2, 0.25) is 0 Å². The van der Waals surface area contributed by atoms with Gasteiger partial charge in [-0.15, -0.1) is 0 Å². The predicted molar refractivity (Wildman–Crippen MR) is 137 cm³/mol. The molecule has 0 radical (unpaired) electrons. The van der Waals surface area contributed by atoms with Gasteiger partial charge >= 0.3 is 6.18 Å². The maximum Gasteiger partial charge on any atom is 0.416 e. The molecule has 5 rings (SSSR count). The Labute approximate surface area is 217 Å². The molecule has 0 fully saturated rings. The van der Waals surface area contributed by atoms with Crippen LogP contribution in [0.3, 0.4) is 0 Å². The van der Waals surface area contributed by atoms with Crippen molar-refractivity contribution >= 4 is 22.8 Å². The molecule has 39 heavy (non-hydrogen) atoms. The highest BCUT2D eigenvalue weighted by Gasteiger charge is 2.31. The summed E-state index contributed by atoms with van der Waals surface area (Å²) in [5, 5.41) is 15.4. The SMILES string of the molecule is O=c1c2ccccc2nc(-c2cccc(C(F)(F)F)c2)n1N=Cc1ccccc1Oc1ccc([N+](=O)[O-])cn1. The van der Waals surface area contributed by atoms with Crippen molar-refractivity contribution in [3.05, 3.63) is 123 Å². The van der Waals surface area contributed by atoms with Crippen molar-refractivity contribution in [2.75, 3.05) is 0 Å². The number of aromatic nitrogens is 3. The van der Waals surface area contributed by atoms with Gasteiger partial charge in [0.15, 0.2) is 5.82 Å². The molecular formula is C27H16F3N5O4. The Kier molecular flexibility index (Phi) is 6.59. The summed E-state index contributed by atoms with van der Waals surface area (Å²) in [7, 11) is 0. The molecule has 194 valence electrons. The van der Waals surface area contributed by atoms with Crippen molar-refractivity contribution in [3.8, 4) is 23.0 Å². The lowest BCUT2D eigenvalue weighted by atomic mass is 10.1. The Morgan fingerprint density at radius 2 is 1.74 bits per heavy atom. The van der Waals surface area contributed by atoms with Crippen LogP contribution in [0.5, 0.6) is 11.6 Å². The van der Waals surface area contributed by atoms with Crippen LogP contribution in [0.1, 0.15) is 11.1 Å². The molecule has 0 aliphatic rings. The summed E-state index contributed by atoms with van der Waals surface area (Å²) >= 11 is 0. The van der Waals surface area contributed by atoms with Crippen molar-refractivity contribution < 1.29 is 22.8 Å². The quantitative estimate of drug-likeness (QED) is 0.150. The number of alkyl halides is 3. The number of fused-ring (bicyclic) bond motifs is 1. The summed E-state index contributed by atoms with van der Waals surface area (Å²) < 4.78 is 46.9. The Balaban J connectivity index is 1.59. The maximum absolute atomic E-state index is 13.4. The van der Waals surface area contributed by atoms with Gasteiger partial charge in [-0.25, -0.2) is 9.97 Å². The zero-order chi connectivity index (χ0) is 27.6. The molecule has 0 saturated carbocycles. The van der Waals surface area contributed by atoms with Crippen LogP contribution in [-0.4, -0.2) is 25.8 Å². The number of para-hydroxylation sites is 2. The van der Waals surface area contributed by atoms with Gasteiger partial charge in [-0.1, -0.05) is 36.4 Å². The number of ether oxygens (including phenoxy) is 1. The highest BCUT2D eigenvalue weighted by Crippen LogP contribution is 2.32. The zero-order valence-corrected chi connectivity index (χ0v) is 19.7. The average Bonchev–Trinajstić information content (AvgIpc) is 2.93. The zero-order valence-electron chi connectivity index (χ0n) is 19.7. The van der Waals surface area contributed by atoms with Crippen LogP contribution in [0.25, 0.3) is 22.3 Å². The molecule has 5 aromatic rings. The van der Waals surface area contributed by atoms with E-state index in [4.69, 9.17) is 4.74 Å². The second kappa shape index (κ2) is 10.2. The van der Waals surface area contributed by atoms with Gasteiger partial charge in [0.1, 0.15) is 11.9 Å². The minimum atomic E-state index is -4.59. The van der Waals surface area contributed by atoms with Gasteiger partial charge in [0, 0.05) is 23.3 Å². The molecular weight excluding hydrogens is 515 g/mol. The third-order valence-corrected chi connectivity index (χ3v) is 5.58. The van der Waals surface area contributed by atoms with E-state index >= 15 is 0 Å². The van der Waals surface area contributed by atoms with Crippen LogP contribution in [-0.2, 0) is 6.18 Å². The number of nitrogens with zero attached hydrogens (tertiary/aromatic N) is 5. The summed E-state index contributed by atoms with van der Waals surface area (Å²) in [6.45, 7) is 0. The van der Waals surface area contributed by atoms with E-state index in [1.54, 1.807) is 48.5 Å². The van der Waals surface area contributed by atoms with Crippen molar-refractivity contribution in [1.29, 1.82) is 0 Å². The molecule has 0 aliphatic heterocycles. The van der Waals surface area contributed by atoms with Gasteiger partial charge < -0.3 is 4.74 Å². The van der Waals surface area contributed by atoms with Gasteiger partial charge in [0.25, 0.3) is 11.2 Å². The third kappa shape index (κ3) is 5.34. The maximum atomic E-state index is 13.4. The molecule has 0 unspecified atom stereocenters. The number of nitro groups is 1. The predicted octanol–water partition coefficient (Wildman–Crippen LogP) is 6.06. The molecule has 2 aromatic heterocycles. The van der Waals surface area contributed by atoms with Gasteiger partial charge in [-0.05, 0) is 36.4 Å². The third-order valence-electron chi connectivity index (χ3n) is 5.58. The monoisotopic (exact) mass is 531 g/mol. The number of benzene rings is 3. The molecule has 9 nitrogen and oxygen atoms in total. The Morgan fingerprint density at radius 1 is 0.974 bits per heavy atom. The fraction of sp³-hybridized carbons (Fsp3) is 0.0370. The second-order valence-electron chi connectivity index (χ2n) is 8.14. The van der Waals surface area contributed by atoms with Crippen LogP contribution in [0.15, 0.2) is 101 Å². The summed E-state index contributed by atoms with van der Waals surface area (Å²) in [5.74, 6) is 0.261. The number of hydrogen-bond donors (Lipinski definition) is 0. The highest BCUT2D eigenvalue weighted by atomic mass is 19.4. The van der Waals surface area contributed by atoms with E-state index in [9.17, 15) is 28.1 Å². The van der Waals surface area contributed by atoms with Gasteiger partial charge in [-0.2, -0.15) is 22.9 Å². The van der Waals surface area contributed by atoms with Gasteiger partial charge in [0.05, 0.1) is 27.6 Å². The first-order valence-corrected chi connectivity index (χ1v) is 11.3. The molecule has 2 heterocycles. The lowest BCUT2D eigenvalue weighted by Gasteiger charge is -2.12. The Bertz CT molecular complexity index is 1780. The molecule has 12 heteroatoms. The van der Waals surface area contributed by atoms with E-state index in [-0.39, 0.29) is 34.1 Å². The average molecular weight is 531 g/mol. The number of rotatable bonds is 6. The first-order valence-electron chi connectivity index (χ1n) is 11.3. The normalized spacial score (nSPS) is 11.7. The Morgan fingerprint density at radius 3 is 2.49 bits per heavy atom. The lowest BCUT2D eigenvalue weighted by molar-refractivity contribution is -0.385.